The van der Waals surface area contributed by atoms with E-state index in [9.17, 15) is 4.79 Å². The van der Waals surface area contributed by atoms with E-state index < -0.39 is 0 Å². The highest BCUT2D eigenvalue weighted by Gasteiger charge is 2.37. The molecule has 118 valence electrons. The number of thiophene rings is 1. The first kappa shape index (κ1) is 15.2. The third-order valence-corrected chi connectivity index (χ3v) is 6.19. The molecule has 3 heterocycles. The number of aromatic nitrogens is 2. The summed E-state index contributed by atoms with van der Waals surface area (Å²) in [6.45, 7) is 11.1. The molecule has 1 amide bonds. The van der Waals surface area contributed by atoms with Gasteiger partial charge in [-0.1, -0.05) is 13.8 Å². The lowest BCUT2D eigenvalue weighted by molar-refractivity contribution is 0.0738. The Morgan fingerprint density at radius 3 is 2.55 bits per heavy atom. The number of fused-ring (bicyclic) bond motifs is 1. The maximum Gasteiger partial charge on any atom is 0.264 e. The van der Waals surface area contributed by atoms with E-state index in [-0.39, 0.29) is 11.9 Å². The van der Waals surface area contributed by atoms with Crippen LogP contribution in [0.5, 0.6) is 0 Å². The summed E-state index contributed by atoms with van der Waals surface area (Å²) in [6, 6.07) is 0.261. The minimum atomic E-state index is 0.0984. The highest BCUT2D eigenvalue weighted by Crippen LogP contribution is 2.36. The number of hydrogen-bond acceptors (Lipinski definition) is 5. The molecule has 0 aliphatic carbocycles. The lowest BCUT2D eigenvalue weighted by Gasteiger charge is -2.23. The van der Waals surface area contributed by atoms with E-state index in [1.807, 2.05) is 18.7 Å². The van der Waals surface area contributed by atoms with Gasteiger partial charge in [0.2, 0.25) is 0 Å². The topological polar surface area (TPSA) is 72.1 Å². The minimum Gasteiger partial charge on any atom is -0.383 e. The fourth-order valence-corrected chi connectivity index (χ4v) is 4.48. The van der Waals surface area contributed by atoms with Gasteiger partial charge >= 0.3 is 0 Å². The molecule has 1 aliphatic rings. The fraction of sp³-hybridized carbons (Fsp3) is 0.562. The molecule has 2 aromatic rings. The number of carbonyl (C=O) groups is 1. The maximum atomic E-state index is 13.0. The Labute approximate surface area is 134 Å². The number of rotatable bonds is 1. The summed E-state index contributed by atoms with van der Waals surface area (Å²) in [6.07, 6.45) is 0. The summed E-state index contributed by atoms with van der Waals surface area (Å²) in [5.74, 6) is 2.25. The van der Waals surface area contributed by atoms with Gasteiger partial charge in [0.25, 0.3) is 5.91 Å². The largest absolute Gasteiger partial charge is 0.383 e. The Kier molecular flexibility index (Phi) is 3.59. The smallest absolute Gasteiger partial charge is 0.264 e. The van der Waals surface area contributed by atoms with Crippen LogP contribution in [-0.2, 0) is 0 Å². The molecular formula is C16H22N4OS. The summed E-state index contributed by atoms with van der Waals surface area (Å²) in [5.41, 5.74) is 6.93. The van der Waals surface area contributed by atoms with Crippen molar-refractivity contribution in [2.45, 2.75) is 40.7 Å². The second-order valence-electron chi connectivity index (χ2n) is 6.43. The molecule has 3 rings (SSSR count). The molecule has 1 fully saturated rings. The predicted octanol–water partition coefficient (Wildman–Crippen LogP) is 3.01. The molecule has 1 aliphatic heterocycles. The molecule has 22 heavy (non-hydrogen) atoms. The lowest BCUT2D eigenvalue weighted by Crippen LogP contribution is -2.35. The number of hydrogen-bond donors (Lipinski definition) is 1. The van der Waals surface area contributed by atoms with E-state index in [0.29, 0.717) is 23.5 Å². The van der Waals surface area contributed by atoms with Crippen LogP contribution in [0.1, 0.15) is 41.8 Å². The Morgan fingerprint density at radius 1 is 1.27 bits per heavy atom. The van der Waals surface area contributed by atoms with Crippen molar-refractivity contribution in [3.8, 4) is 0 Å². The van der Waals surface area contributed by atoms with Gasteiger partial charge in [-0.3, -0.25) is 4.79 Å². The molecule has 6 heteroatoms. The zero-order chi connectivity index (χ0) is 16.2. The first-order chi connectivity index (χ1) is 10.3. The Bertz CT molecular complexity index is 754. The second kappa shape index (κ2) is 5.19. The van der Waals surface area contributed by atoms with E-state index >= 15 is 0 Å². The van der Waals surface area contributed by atoms with Crippen LogP contribution in [0.15, 0.2) is 0 Å². The molecule has 5 nitrogen and oxygen atoms in total. The number of nitrogens with two attached hydrogens (primary N) is 1. The first-order valence-electron chi connectivity index (χ1n) is 7.65. The zero-order valence-electron chi connectivity index (χ0n) is 13.7. The highest BCUT2D eigenvalue weighted by molar-refractivity contribution is 7.20. The molecular weight excluding hydrogens is 296 g/mol. The van der Waals surface area contributed by atoms with Gasteiger partial charge < -0.3 is 10.6 Å². The van der Waals surface area contributed by atoms with Gasteiger partial charge in [-0.25, -0.2) is 9.97 Å². The van der Waals surface area contributed by atoms with Crippen molar-refractivity contribution in [1.29, 1.82) is 0 Å². The van der Waals surface area contributed by atoms with Crippen molar-refractivity contribution < 1.29 is 4.79 Å². The van der Waals surface area contributed by atoms with E-state index in [1.165, 1.54) is 11.3 Å². The molecule has 2 aromatic heterocycles. The van der Waals surface area contributed by atoms with Gasteiger partial charge in [0, 0.05) is 12.6 Å². The average molecular weight is 318 g/mol. The number of likely N-dealkylation sites (tertiary alicyclic amines) is 1. The second-order valence-corrected chi connectivity index (χ2v) is 7.43. The molecule has 0 spiro atoms. The molecule has 0 bridgehead atoms. The number of amides is 1. The molecule has 3 unspecified atom stereocenters. The molecule has 2 N–H and O–H groups in total. The molecule has 1 saturated heterocycles. The Morgan fingerprint density at radius 2 is 1.95 bits per heavy atom. The molecule has 0 aromatic carbocycles. The molecule has 0 saturated carbocycles. The van der Waals surface area contributed by atoms with Crippen LogP contribution >= 0.6 is 11.3 Å². The van der Waals surface area contributed by atoms with Gasteiger partial charge in [-0.05, 0) is 38.2 Å². The third-order valence-electron chi connectivity index (χ3n) is 5.02. The van der Waals surface area contributed by atoms with Crippen LogP contribution in [0.4, 0.5) is 5.82 Å². The normalized spacial score (nSPS) is 25.1. The van der Waals surface area contributed by atoms with E-state index in [2.05, 4.69) is 30.7 Å². The van der Waals surface area contributed by atoms with Gasteiger partial charge in [0.05, 0.1) is 10.3 Å². The number of nitrogen functional groups attached to an aromatic ring is 1. The highest BCUT2D eigenvalue weighted by atomic mass is 32.1. The average Bonchev–Trinajstić information content (AvgIpc) is 2.90. The fourth-order valence-electron chi connectivity index (χ4n) is 3.29. The zero-order valence-corrected chi connectivity index (χ0v) is 14.5. The summed E-state index contributed by atoms with van der Waals surface area (Å²) in [5, 5.41) is 0.826. The molecule has 3 atom stereocenters. The van der Waals surface area contributed by atoms with Crippen LogP contribution in [0.3, 0.4) is 0 Å². The summed E-state index contributed by atoms with van der Waals surface area (Å²) in [4.78, 5) is 25.2. The molecule has 0 radical (unpaired) electrons. The number of aryl methyl sites for hydroxylation is 2. The van der Waals surface area contributed by atoms with Crippen molar-refractivity contribution in [3.05, 3.63) is 16.3 Å². The van der Waals surface area contributed by atoms with Crippen LogP contribution in [-0.4, -0.2) is 33.4 Å². The standard InChI is InChI=1S/C16H22N4OS/c1-7-6-20(10(4)8(7)2)16(21)13-9(3)12-14(17)18-11(5)19-15(12)22-13/h7-8,10H,6H2,1-5H3,(H2,17,18,19). The number of anilines is 1. The summed E-state index contributed by atoms with van der Waals surface area (Å²) >= 11 is 1.43. The van der Waals surface area contributed by atoms with Crippen molar-refractivity contribution >= 4 is 33.3 Å². The minimum absolute atomic E-state index is 0.0984. The van der Waals surface area contributed by atoms with Gasteiger partial charge in [-0.15, -0.1) is 11.3 Å². The summed E-state index contributed by atoms with van der Waals surface area (Å²) in [7, 11) is 0. The van der Waals surface area contributed by atoms with Crippen molar-refractivity contribution in [2.75, 3.05) is 12.3 Å². The van der Waals surface area contributed by atoms with Crippen LogP contribution in [0, 0.1) is 25.7 Å². The van der Waals surface area contributed by atoms with Gasteiger partial charge in [-0.2, -0.15) is 0 Å². The Hall–Kier alpha value is -1.69. The number of carbonyl (C=O) groups excluding carboxylic acids is 1. The van der Waals surface area contributed by atoms with Crippen LogP contribution < -0.4 is 5.73 Å². The van der Waals surface area contributed by atoms with Gasteiger partial charge in [0.15, 0.2) is 0 Å². The van der Waals surface area contributed by atoms with Crippen LogP contribution in [0.25, 0.3) is 10.2 Å². The maximum absolute atomic E-state index is 13.0. The lowest BCUT2D eigenvalue weighted by atomic mass is 9.95. The van der Waals surface area contributed by atoms with Crippen molar-refractivity contribution in [2.24, 2.45) is 11.8 Å². The van der Waals surface area contributed by atoms with E-state index in [1.54, 1.807) is 0 Å². The van der Waals surface area contributed by atoms with Crippen molar-refractivity contribution in [1.82, 2.24) is 14.9 Å². The van der Waals surface area contributed by atoms with E-state index in [4.69, 9.17) is 5.73 Å². The van der Waals surface area contributed by atoms with E-state index in [0.717, 1.165) is 27.2 Å². The summed E-state index contributed by atoms with van der Waals surface area (Å²) < 4.78 is 0. The van der Waals surface area contributed by atoms with Crippen LogP contribution in [0.2, 0.25) is 0 Å². The Balaban J connectivity index is 2.06. The monoisotopic (exact) mass is 318 g/mol. The number of nitrogens with zero attached hydrogens (tertiary/aromatic N) is 3. The SMILES string of the molecule is Cc1nc(N)c2c(C)c(C(=O)N3CC(C)C(C)C3C)sc2n1. The predicted molar refractivity (Wildman–Crippen MR) is 90.1 cm³/mol. The third kappa shape index (κ3) is 2.17. The quantitative estimate of drug-likeness (QED) is 0.877. The van der Waals surface area contributed by atoms with Crippen molar-refractivity contribution in [3.63, 3.8) is 0 Å². The first-order valence-corrected chi connectivity index (χ1v) is 8.47. The van der Waals surface area contributed by atoms with Gasteiger partial charge in [0.1, 0.15) is 16.5 Å².